The van der Waals surface area contributed by atoms with Gasteiger partial charge in [0.25, 0.3) is 5.91 Å². The summed E-state index contributed by atoms with van der Waals surface area (Å²) in [6.07, 6.45) is 1.45. The molecule has 0 bridgehead atoms. The number of amides is 1. The molecule has 0 aliphatic carbocycles. The van der Waals surface area contributed by atoms with Crippen molar-refractivity contribution < 1.29 is 28.9 Å². The van der Waals surface area contributed by atoms with E-state index in [0.29, 0.717) is 28.4 Å². The highest BCUT2D eigenvalue weighted by Gasteiger charge is 2.12. The second-order valence-corrected chi connectivity index (χ2v) is 5.02. The van der Waals surface area contributed by atoms with Crippen LogP contribution in [0.15, 0.2) is 47.6 Å². The summed E-state index contributed by atoms with van der Waals surface area (Å²) >= 11 is 0. The van der Waals surface area contributed by atoms with Gasteiger partial charge < -0.3 is 19.3 Å². The summed E-state index contributed by atoms with van der Waals surface area (Å²) in [6, 6.07) is 11.4. The van der Waals surface area contributed by atoms with E-state index in [1.165, 1.54) is 20.4 Å². The Morgan fingerprint density at radius 1 is 1.08 bits per heavy atom. The Morgan fingerprint density at radius 2 is 1.77 bits per heavy atom. The lowest BCUT2D eigenvalue weighted by Crippen LogP contribution is -2.18. The van der Waals surface area contributed by atoms with Crippen molar-refractivity contribution in [3.63, 3.8) is 0 Å². The highest BCUT2D eigenvalue weighted by Crippen LogP contribution is 2.24. The van der Waals surface area contributed by atoms with Gasteiger partial charge in [0.05, 0.1) is 26.0 Å². The van der Waals surface area contributed by atoms with Crippen molar-refractivity contribution in [1.29, 1.82) is 0 Å². The molecule has 1 amide bonds. The van der Waals surface area contributed by atoms with Crippen LogP contribution < -0.4 is 19.6 Å². The number of rotatable bonds is 8. The molecule has 0 saturated carbocycles. The van der Waals surface area contributed by atoms with E-state index in [-0.39, 0.29) is 0 Å². The van der Waals surface area contributed by atoms with Crippen LogP contribution in [0, 0.1) is 0 Å². The minimum atomic E-state index is -1.05. The first-order valence-electron chi connectivity index (χ1n) is 7.53. The highest BCUT2D eigenvalue weighted by atomic mass is 16.5. The number of carboxylic acids is 1. The number of hydrogen-bond acceptors (Lipinski definition) is 6. The summed E-state index contributed by atoms with van der Waals surface area (Å²) in [5.74, 6) is -0.102. The molecule has 0 fully saturated rings. The maximum absolute atomic E-state index is 12.2. The molecule has 2 N–H and O–H groups in total. The summed E-state index contributed by atoms with van der Waals surface area (Å²) in [6.45, 7) is -0.410. The van der Waals surface area contributed by atoms with Gasteiger partial charge in [0.15, 0.2) is 6.61 Å². The normalized spacial score (nSPS) is 10.4. The van der Waals surface area contributed by atoms with Gasteiger partial charge >= 0.3 is 5.97 Å². The molecule has 0 aromatic heterocycles. The third kappa shape index (κ3) is 5.23. The fourth-order valence-corrected chi connectivity index (χ4v) is 2.01. The van der Waals surface area contributed by atoms with Gasteiger partial charge in [-0.15, -0.1) is 0 Å². The number of nitrogens with zero attached hydrogens (tertiary/aromatic N) is 1. The largest absolute Gasteiger partial charge is 0.497 e. The predicted octanol–water partition coefficient (Wildman–Crippen LogP) is 1.93. The second-order valence-electron chi connectivity index (χ2n) is 5.02. The van der Waals surface area contributed by atoms with E-state index in [1.54, 1.807) is 42.5 Å². The number of methoxy groups -OCH3 is 2. The van der Waals surface area contributed by atoms with Gasteiger partial charge in [0, 0.05) is 6.07 Å². The maximum atomic E-state index is 12.2. The van der Waals surface area contributed by atoms with E-state index in [1.807, 2.05) is 0 Å². The molecule has 0 unspecified atom stereocenters. The molecule has 0 heterocycles. The fourth-order valence-electron chi connectivity index (χ4n) is 2.01. The summed E-state index contributed by atoms with van der Waals surface area (Å²) in [7, 11) is 2.99. The quantitative estimate of drug-likeness (QED) is 0.552. The van der Waals surface area contributed by atoms with Crippen molar-refractivity contribution in [3.05, 3.63) is 53.6 Å². The topological polar surface area (TPSA) is 106 Å². The van der Waals surface area contributed by atoms with Crippen LogP contribution >= 0.6 is 0 Å². The number of carbonyl (C=O) groups excluding carboxylic acids is 1. The average molecular weight is 358 g/mol. The van der Waals surface area contributed by atoms with Gasteiger partial charge in [-0.25, -0.2) is 10.2 Å². The first kappa shape index (κ1) is 18.8. The molecular formula is C18H18N2O6. The Kier molecular flexibility index (Phi) is 6.55. The van der Waals surface area contributed by atoms with E-state index in [2.05, 4.69) is 10.5 Å². The monoisotopic (exact) mass is 358 g/mol. The van der Waals surface area contributed by atoms with Gasteiger partial charge in [0.1, 0.15) is 17.2 Å². The number of hydrazone groups is 1. The number of carbonyl (C=O) groups is 2. The zero-order valence-electron chi connectivity index (χ0n) is 14.3. The Balaban J connectivity index is 1.97. The number of carboxylic acid groups (broad SMARTS) is 1. The fraction of sp³-hybridized carbons (Fsp3) is 0.167. The van der Waals surface area contributed by atoms with Gasteiger partial charge in [-0.1, -0.05) is 0 Å². The lowest BCUT2D eigenvalue weighted by molar-refractivity contribution is -0.139. The average Bonchev–Trinajstić information content (AvgIpc) is 2.66. The minimum Gasteiger partial charge on any atom is -0.497 e. The molecule has 8 nitrogen and oxygen atoms in total. The molecule has 0 saturated heterocycles. The third-order valence-corrected chi connectivity index (χ3v) is 3.28. The number of hydrogen-bond donors (Lipinski definition) is 2. The Morgan fingerprint density at radius 3 is 2.38 bits per heavy atom. The van der Waals surface area contributed by atoms with Gasteiger partial charge in [-0.05, 0) is 42.0 Å². The van der Waals surface area contributed by atoms with Crippen LogP contribution in [0.5, 0.6) is 17.2 Å². The highest BCUT2D eigenvalue weighted by molar-refractivity contribution is 5.97. The van der Waals surface area contributed by atoms with Crippen molar-refractivity contribution in [1.82, 2.24) is 5.43 Å². The minimum absolute atomic E-state index is 0.322. The van der Waals surface area contributed by atoms with Crippen LogP contribution in [0.1, 0.15) is 15.9 Å². The molecule has 26 heavy (non-hydrogen) atoms. The Hall–Kier alpha value is -3.55. The first-order chi connectivity index (χ1) is 12.5. The molecule has 0 radical (unpaired) electrons. The van der Waals surface area contributed by atoms with Crippen molar-refractivity contribution >= 4 is 18.1 Å². The number of benzene rings is 2. The smallest absolute Gasteiger partial charge is 0.341 e. The van der Waals surface area contributed by atoms with E-state index < -0.39 is 18.5 Å². The van der Waals surface area contributed by atoms with Crippen molar-refractivity contribution in [2.24, 2.45) is 5.10 Å². The van der Waals surface area contributed by atoms with E-state index in [4.69, 9.17) is 19.3 Å². The lowest BCUT2D eigenvalue weighted by Gasteiger charge is -2.08. The van der Waals surface area contributed by atoms with Gasteiger partial charge in [-0.3, -0.25) is 4.79 Å². The second kappa shape index (κ2) is 9.07. The third-order valence-electron chi connectivity index (χ3n) is 3.28. The molecule has 136 valence electrons. The first-order valence-corrected chi connectivity index (χ1v) is 7.53. The van der Waals surface area contributed by atoms with Crippen LogP contribution in [0.4, 0.5) is 0 Å². The Bertz CT molecular complexity index is 802. The number of aliphatic carboxylic acids is 1. The van der Waals surface area contributed by atoms with Crippen molar-refractivity contribution in [3.8, 4) is 17.2 Å². The molecule has 2 rings (SSSR count). The van der Waals surface area contributed by atoms with Crippen molar-refractivity contribution in [2.75, 3.05) is 20.8 Å². The van der Waals surface area contributed by atoms with Crippen molar-refractivity contribution in [2.45, 2.75) is 0 Å². The predicted molar refractivity (Wildman–Crippen MR) is 94.2 cm³/mol. The summed E-state index contributed by atoms with van der Waals surface area (Å²) in [5.41, 5.74) is 3.44. The number of nitrogens with one attached hydrogen (secondary N) is 1. The van der Waals surface area contributed by atoms with Crippen LogP contribution in [-0.4, -0.2) is 44.0 Å². The van der Waals surface area contributed by atoms with E-state index >= 15 is 0 Å². The molecule has 2 aromatic carbocycles. The Labute approximate surface area is 150 Å². The molecule has 0 atom stereocenters. The molecule has 0 aliphatic rings. The van der Waals surface area contributed by atoms with Gasteiger partial charge in [-0.2, -0.15) is 5.10 Å². The molecule has 0 aliphatic heterocycles. The van der Waals surface area contributed by atoms with E-state index in [0.717, 1.165) is 0 Å². The molecular weight excluding hydrogens is 340 g/mol. The summed E-state index contributed by atoms with van der Waals surface area (Å²) in [5, 5.41) is 12.4. The standard InChI is InChI=1S/C18H18N2O6/c1-24-14-7-8-15(16(9-14)25-2)18(23)20-19-10-12-3-5-13(6-4-12)26-11-17(21)22/h3-10H,11H2,1-2H3,(H,20,23)(H,21,22)/b19-10-. The van der Waals surface area contributed by atoms with Crippen LogP contribution in [0.25, 0.3) is 0 Å². The number of ether oxygens (including phenoxy) is 3. The summed E-state index contributed by atoms with van der Waals surface area (Å²) in [4.78, 5) is 22.6. The zero-order chi connectivity index (χ0) is 18.9. The van der Waals surface area contributed by atoms with Crippen LogP contribution in [-0.2, 0) is 4.79 Å². The SMILES string of the molecule is COc1ccc(C(=O)N/N=C\c2ccc(OCC(=O)O)cc2)c(OC)c1. The molecule has 0 spiro atoms. The zero-order valence-corrected chi connectivity index (χ0v) is 14.3. The lowest BCUT2D eigenvalue weighted by atomic mass is 10.2. The van der Waals surface area contributed by atoms with Gasteiger partial charge in [0.2, 0.25) is 0 Å². The summed E-state index contributed by atoms with van der Waals surface area (Å²) < 4.78 is 15.3. The maximum Gasteiger partial charge on any atom is 0.341 e. The molecule has 2 aromatic rings. The van der Waals surface area contributed by atoms with E-state index in [9.17, 15) is 9.59 Å². The molecule has 8 heteroatoms. The van der Waals surface area contributed by atoms with Crippen LogP contribution in [0.2, 0.25) is 0 Å². The van der Waals surface area contributed by atoms with Crippen LogP contribution in [0.3, 0.4) is 0 Å².